The van der Waals surface area contributed by atoms with Gasteiger partial charge in [-0.15, -0.1) is 0 Å². The van der Waals surface area contributed by atoms with Crippen molar-refractivity contribution in [3.05, 3.63) is 77.6 Å². The Balaban J connectivity index is 1.66. The molecule has 2 aromatic heterocycles. The van der Waals surface area contributed by atoms with Gasteiger partial charge in [0.1, 0.15) is 5.76 Å². The van der Waals surface area contributed by atoms with Gasteiger partial charge in [0.2, 0.25) is 5.91 Å². The molecule has 1 atom stereocenters. The van der Waals surface area contributed by atoms with Gasteiger partial charge in [-0.1, -0.05) is 18.9 Å². The maximum Gasteiger partial charge on any atom is 0.287 e. The van der Waals surface area contributed by atoms with Gasteiger partial charge in [0.15, 0.2) is 11.8 Å². The van der Waals surface area contributed by atoms with E-state index in [2.05, 4.69) is 10.6 Å². The van der Waals surface area contributed by atoms with E-state index in [-0.39, 0.29) is 24.3 Å². The topological polar surface area (TPSA) is 105 Å². The summed E-state index contributed by atoms with van der Waals surface area (Å²) < 4.78 is 10.7. The maximum atomic E-state index is 13.6. The first-order valence-electron chi connectivity index (χ1n) is 11.5. The Morgan fingerprint density at radius 1 is 1.00 bits per heavy atom. The smallest absolute Gasteiger partial charge is 0.287 e. The van der Waals surface area contributed by atoms with Crippen molar-refractivity contribution in [2.75, 3.05) is 11.4 Å². The normalized spacial score (nSPS) is 14.5. The van der Waals surface area contributed by atoms with Crippen LogP contribution in [0.5, 0.6) is 0 Å². The van der Waals surface area contributed by atoms with Gasteiger partial charge in [-0.3, -0.25) is 19.3 Å². The van der Waals surface area contributed by atoms with E-state index < -0.39 is 17.9 Å². The van der Waals surface area contributed by atoms with E-state index in [1.165, 1.54) is 23.5 Å². The van der Waals surface area contributed by atoms with E-state index in [1.807, 2.05) is 26.0 Å². The van der Waals surface area contributed by atoms with Crippen LogP contribution in [-0.2, 0) is 9.59 Å². The average molecular weight is 464 g/mol. The number of nitrogens with one attached hydrogen (secondary N) is 2. The Morgan fingerprint density at radius 3 is 2.38 bits per heavy atom. The zero-order chi connectivity index (χ0) is 24.1. The van der Waals surface area contributed by atoms with Crippen molar-refractivity contribution < 1.29 is 23.2 Å². The van der Waals surface area contributed by atoms with Crippen molar-refractivity contribution in [2.24, 2.45) is 0 Å². The SMILES string of the molecule is Cc1ccc(N(C(=O)CNC(=O)c2ccco2)[C@H](C(=O)NC2CCCC2)c2ccco2)cc1C. The van der Waals surface area contributed by atoms with Gasteiger partial charge in [0, 0.05) is 11.7 Å². The highest BCUT2D eigenvalue weighted by Gasteiger charge is 2.36. The molecule has 2 heterocycles. The number of nitrogens with zero attached hydrogens (tertiary/aromatic N) is 1. The van der Waals surface area contributed by atoms with Gasteiger partial charge >= 0.3 is 0 Å². The maximum absolute atomic E-state index is 13.6. The lowest BCUT2D eigenvalue weighted by Crippen LogP contribution is -2.49. The van der Waals surface area contributed by atoms with E-state index >= 15 is 0 Å². The molecule has 0 spiro atoms. The van der Waals surface area contributed by atoms with Crippen molar-refractivity contribution in [1.29, 1.82) is 0 Å². The van der Waals surface area contributed by atoms with Gasteiger partial charge < -0.3 is 19.5 Å². The predicted octanol–water partition coefficient (Wildman–Crippen LogP) is 4.05. The lowest BCUT2D eigenvalue weighted by atomic mass is 10.1. The Bertz CT molecular complexity index is 1130. The first-order chi connectivity index (χ1) is 16.4. The molecule has 8 heteroatoms. The molecule has 0 bridgehead atoms. The van der Waals surface area contributed by atoms with E-state index in [0.29, 0.717) is 11.4 Å². The predicted molar refractivity (Wildman–Crippen MR) is 126 cm³/mol. The zero-order valence-electron chi connectivity index (χ0n) is 19.4. The van der Waals surface area contributed by atoms with E-state index in [0.717, 1.165) is 36.8 Å². The molecule has 1 saturated carbocycles. The molecule has 1 aliphatic rings. The summed E-state index contributed by atoms with van der Waals surface area (Å²) in [6, 6.07) is 11.1. The highest BCUT2D eigenvalue weighted by atomic mass is 16.3. The van der Waals surface area contributed by atoms with Gasteiger partial charge in [-0.25, -0.2) is 0 Å². The summed E-state index contributed by atoms with van der Waals surface area (Å²) in [5.41, 5.74) is 2.58. The molecule has 3 amide bonds. The Hall–Kier alpha value is -3.81. The Morgan fingerprint density at radius 2 is 1.74 bits per heavy atom. The molecule has 1 fully saturated rings. The number of hydrogen-bond donors (Lipinski definition) is 2. The number of benzene rings is 1. The van der Waals surface area contributed by atoms with Gasteiger partial charge in [0.25, 0.3) is 11.8 Å². The summed E-state index contributed by atoms with van der Waals surface area (Å²) in [6.07, 6.45) is 6.82. The summed E-state index contributed by atoms with van der Waals surface area (Å²) in [5.74, 6) is -0.827. The van der Waals surface area contributed by atoms with Crippen molar-refractivity contribution in [3.63, 3.8) is 0 Å². The summed E-state index contributed by atoms with van der Waals surface area (Å²) in [7, 11) is 0. The number of amides is 3. The lowest BCUT2D eigenvalue weighted by molar-refractivity contribution is -0.127. The number of rotatable bonds is 8. The van der Waals surface area contributed by atoms with Crippen LogP contribution in [-0.4, -0.2) is 30.3 Å². The Labute approximate surface area is 198 Å². The minimum Gasteiger partial charge on any atom is -0.467 e. The second-order valence-corrected chi connectivity index (χ2v) is 8.60. The molecule has 2 N–H and O–H groups in total. The number of furan rings is 2. The molecule has 4 rings (SSSR count). The highest BCUT2D eigenvalue weighted by molar-refractivity contribution is 6.04. The number of anilines is 1. The average Bonchev–Trinajstić information content (AvgIpc) is 3.61. The third kappa shape index (κ3) is 5.22. The summed E-state index contributed by atoms with van der Waals surface area (Å²) >= 11 is 0. The third-order valence-corrected chi connectivity index (χ3v) is 6.20. The minimum atomic E-state index is -1.02. The summed E-state index contributed by atoms with van der Waals surface area (Å²) in [6.45, 7) is 3.60. The van der Waals surface area contributed by atoms with E-state index in [4.69, 9.17) is 8.83 Å². The van der Waals surface area contributed by atoms with Crippen LogP contribution >= 0.6 is 0 Å². The first kappa shape index (κ1) is 23.4. The Kier molecular flexibility index (Phi) is 7.15. The molecule has 1 aliphatic carbocycles. The van der Waals surface area contributed by atoms with Gasteiger partial charge in [-0.2, -0.15) is 0 Å². The summed E-state index contributed by atoms with van der Waals surface area (Å²) in [4.78, 5) is 40.8. The molecule has 1 aromatic carbocycles. The third-order valence-electron chi connectivity index (χ3n) is 6.20. The molecule has 0 radical (unpaired) electrons. The molecule has 34 heavy (non-hydrogen) atoms. The van der Waals surface area contributed by atoms with Crippen LogP contribution in [0.1, 0.15) is 59.2 Å². The first-order valence-corrected chi connectivity index (χ1v) is 11.5. The molecular weight excluding hydrogens is 434 g/mol. The van der Waals surface area contributed by atoms with Crippen LogP contribution in [0.25, 0.3) is 0 Å². The van der Waals surface area contributed by atoms with Gasteiger partial charge in [-0.05, 0) is 74.2 Å². The van der Waals surface area contributed by atoms with Crippen molar-refractivity contribution in [1.82, 2.24) is 10.6 Å². The van der Waals surface area contributed by atoms with Crippen molar-refractivity contribution >= 4 is 23.4 Å². The standard InChI is InChI=1S/C26H29N3O5/c1-17-11-12-20(15-18(17)2)29(23(30)16-27-25(31)22-10-6-14-34-22)24(21-9-5-13-33-21)26(32)28-19-7-3-4-8-19/h5-6,9-15,19,24H,3-4,7-8,16H2,1-2H3,(H,27,31)(H,28,32)/t24-/m0/s1. The fourth-order valence-electron chi connectivity index (χ4n) is 4.22. The fourth-order valence-corrected chi connectivity index (χ4v) is 4.22. The number of aryl methyl sites for hydroxylation is 2. The summed E-state index contributed by atoms with van der Waals surface area (Å²) in [5, 5.41) is 5.68. The second-order valence-electron chi connectivity index (χ2n) is 8.60. The molecule has 0 saturated heterocycles. The minimum absolute atomic E-state index is 0.0697. The van der Waals surface area contributed by atoms with Crippen LogP contribution in [0.2, 0.25) is 0 Å². The van der Waals surface area contributed by atoms with E-state index in [1.54, 1.807) is 24.3 Å². The quantitative estimate of drug-likeness (QED) is 0.524. The van der Waals surface area contributed by atoms with Crippen LogP contribution in [0.15, 0.2) is 63.8 Å². The fraction of sp³-hybridized carbons (Fsp3) is 0.346. The molecular formula is C26H29N3O5. The monoisotopic (exact) mass is 463 g/mol. The number of carbonyl (C=O) groups excluding carboxylic acids is 3. The highest BCUT2D eigenvalue weighted by Crippen LogP contribution is 2.30. The number of carbonyl (C=O) groups is 3. The molecule has 0 unspecified atom stereocenters. The van der Waals surface area contributed by atoms with Crippen LogP contribution in [0, 0.1) is 13.8 Å². The lowest BCUT2D eigenvalue weighted by Gasteiger charge is -2.31. The molecule has 3 aromatic rings. The van der Waals surface area contributed by atoms with Crippen molar-refractivity contribution in [3.8, 4) is 0 Å². The van der Waals surface area contributed by atoms with Crippen LogP contribution < -0.4 is 15.5 Å². The molecule has 178 valence electrons. The molecule has 0 aliphatic heterocycles. The van der Waals surface area contributed by atoms with Crippen LogP contribution in [0.4, 0.5) is 5.69 Å². The van der Waals surface area contributed by atoms with Gasteiger partial charge in [0.05, 0.1) is 19.1 Å². The molecule has 8 nitrogen and oxygen atoms in total. The zero-order valence-corrected chi connectivity index (χ0v) is 19.4. The number of hydrogen-bond acceptors (Lipinski definition) is 5. The van der Waals surface area contributed by atoms with Crippen LogP contribution in [0.3, 0.4) is 0 Å². The van der Waals surface area contributed by atoms with E-state index in [9.17, 15) is 14.4 Å². The largest absolute Gasteiger partial charge is 0.467 e. The second kappa shape index (κ2) is 10.4. The van der Waals surface area contributed by atoms with Crippen molar-refractivity contribution in [2.45, 2.75) is 51.6 Å².